The number of esters is 1. The van der Waals surface area contributed by atoms with Crippen molar-refractivity contribution in [1.29, 1.82) is 5.41 Å². The van der Waals surface area contributed by atoms with Crippen LogP contribution in [0.1, 0.15) is 36.7 Å². The van der Waals surface area contributed by atoms with Crippen LogP contribution in [-0.2, 0) is 9.53 Å². The van der Waals surface area contributed by atoms with Gasteiger partial charge in [-0.1, -0.05) is 0 Å². The quantitative estimate of drug-likeness (QED) is 0.236. The molecule has 3 N–H and O–H groups in total. The number of hydrogen-bond acceptors (Lipinski definition) is 8. The maximum absolute atomic E-state index is 12.6. The van der Waals surface area contributed by atoms with Gasteiger partial charge in [0.15, 0.2) is 0 Å². The summed E-state index contributed by atoms with van der Waals surface area (Å²) in [7, 11) is 2.59. The van der Waals surface area contributed by atoms with E-state index >= 15 is 0 Å². The van der Waals surface area contributed by atoms with E-state index in [1.807, 2.05) is 5.32 Å². The normalized spacial score (nSPS) is 12.2. The Hall–Kier alpha value is -4.55. The summed E-state index contributed by atoms with van der Waals surface area (Å²) >= 11 is 0. The molecule has 0 fully saturated rings. The molecule has 0 unspecified atom stereocenters. The molecule has 13 heteroatoms. The smallest absolute Gasteiger partial charge is 0.405 e. The Morgan fingerprint density at radius 3 is 2.33 bits per heavy atom. The van der Waals surface area contributed by atoms with Crippen molar-refractivity contribution in [2.24, 2.45) is 0 Å². The van der Waals surface area contributed by atoms with Crippen molar-refractivity contribution in [3.63, 3.8) is 0 Å². The zero-order chi connectivity index (χ0) is 29.7. The molecule has 1 amide bonds. The van der Waals surface area contributed by atoms with Gasteiger partial charge in [0.25, 0.3) is 5.91 Å². The zero-order valence-corrected chi connectivity index (χ0v) is 22.6. The average molecular weight is 562 g/mol. The van der Waals surface area contributed by atoms with Gasteiger partial charge in [0.2, 0.25) is 0 Å². The first-order chi connectivity index (χ1) is 18.8. The fraction of sp³-hybridized carbons (Fsp3) is 0.333. The molecule has 3 rings (SSSR count). The molecular weight excluding hydrogens is 531 g/mol. The molecule has 0 aliphatic heterocycles. The molecule has 0 bridgehead atoms. The fourth-order valence-electron chi connectivity index (χ4n) is 3.76. The number of carbonyl (C=O) groups is 2. The van der Waals surface area contributed by atoms with Crippen molar-refractivity contribution in [2.75, 3.05) is 27.4 Å². The first kappa shape index (κ1) is 30.0. The van der Waals surface area contributed by atoms with Gasteiger partial charge in [0.05, 0.1) is 32.7 Å². The molecular formula is C27H30F3N5O5. The maximum Gasteiger partial charge on any atom is 0.405 e. The molecule has 214 valence electrons. The van der Waals surface area contributed by atoms with E-state index in [1.54, 1.807) is 55.9 Å². The van der Waals surface area contributed by atoms with Crippen molar-refractivity contribution in [3.8, 4) is 22.8 Å². The summed E-state index contributed by atoms with van der Waals surface area (Å²) in [6.07, 6.45) is 1.42. The van der Waals surface area contributed by atoms with Gasteiger partial charge in [-0.2, -0.15) is 13.2 Å². The molecule has 0 spiro atoms. The summed E-state index contributed by atoms with van der Waals surface area (Å²) < 4.78 is 55.3. The van der Waals surface area contributed by atoms with Crippen LogP contribution in [-0.4, -0.2) is 66.6 Å². The number of carbonyl (C=O) groups excluding carboxylic acids is 2. The van der Waals surface area contributed by atoms with Crippen molar-refractivity contribution in [1.82, 2.24) is 20.0 Å². The number of amides is 1. The number of pyridine rings is 1. The lowest BCUT2D eigenvalue weighted by Crippen LogP contribution is -2.45. The van der Waals surface area contributed by atoms with Crippen molar-refractivity contribution in [2.45, 2.75) is 32.5 Å². The molecule has 0 saturated carbocycles. The third-order valence-electron chi connectivity index (χ3n) is 5.85. The van der Waals surface area contributed by atoms with Crippen molar-refractivity contribution >= 4 is 29.3 Å². The van der Waals surface area contributed by atoms with Crippen LogP contribution in [0.25, 0.3) is 22.5 Å². The largest absolute Gasteiger partial charge is 0.496 e. The molecule has 40 heavy (non-hydrogen) atoms. The second-order valence-electron chi connectivity index (χ2n) is 9.07. The highest BCUT2D eigenvalue weighted by molar-refractivity contribution is 6.08. The number of hydrogen-bond donors (Lipinski definition) is 3. The Bertz CT molecular complexity index is 1420. The minimum absolute atomic E-state index is 0.0184. The van der Waals surface area contributed by atoms with Gasteiger partial charge in [-0.25, -0.2) is 9.78 Å². The molecule has 10 nitrogen and oxygen atoms in total. The van der Waals surface area contributed by atoms with Gasteiger partial charge < -0.3 is 30.3 Å². The van der Waals surface area contributed by atoms with Crippen LogP contribution >= 0.6 is 0 Å². The second-order valence-corrected chi connectivity index (χ2v) is 9.07. The highest BCUT2D eigenvalue weighted by Crippen LogP contribution is 2.35. The molecule has 0 atom stereocenters. The Morgan fingerprint density at radius 1 is 1.12 bits per heavy atom. The van der Waals surface area contributed by atoms with Crippen molar-refractivity contribution < 1.29 is 37.0 Å². The lowest BCUT2D eigenvalue weighted by molar-refractivity contribution is -0.149. The number of ether oxygens (including phenoxy) is 3. The number of benzene rings is 1. The summed E-state index contributed by atoms with van der Waals surface area (Å²) in [4.78, 5) is 29.1. The van der Waals surface area contributed by atoms with Crippen LogP contribution < -0.4 is 20.1 Å². The number of methoxy groups -OCH3 is 2. The Morgan fingerprint density at radius 2 is 1.77 bits per heavy atom. The second kappa shape index (κ2) is 12.1. The molecule has 0 radical (unpaired) electrons. The summed E-state index contributed by atoms with van der Waals surface area (Å²) in [5.74, 6) is -1.39. The van der Waals surface area contributed by atoms with E-state index in [4.69, 9.17) is 19.6 Å². The first-order valence-electron chi connectivity index (χ1n) is 12.1. The van der Waals surface area contributed by atoms with E-state index in [2.05, 4.69) is 10.3 Å². The highest BCUT2D eigenvalue weighted by atomic mass is 19.4. The van der Waals surface area contributed by atoms with E-state index in [-0.39, 0.29) is 23.7 Å². The van der Waals surface area contributed by atoms with Crippen LogP contribution in [0.2, 0.25) is 0 Å². The minimum Gasteiger partial charge on any atom is -0.496 e. The van der Waals surface area contributed by atoms with Crippen LogP contribution in [0.4, 0.5) is 13.2 Å². The van der Waals surface area contributed by atoms with Gasteiger partial charge in [-0.05, 0) is 50.6 Å². The number of allylic oxidation sites excluding steroid dienone is 1. The van der Waals surface area contributed by atoms with E-state index in [0.29, 0.717) is 28.0 Å². The molecule has 1 aromatic carbocycles. The van der Waals surface area contributed by atoms with Gasteiger partial charge in [0, 0.05) is 29.7 Å². The number of imidazole rings is 1. The fourth-order valence-corrected chi connectivity index (χ4v) is 3.76. The molecule has 0 aliphatic carbocycles. The van der Waals surface area contributed by atoms with Crippen LogP contribution in [0.15, 0.2) is 42.9 Å². The molecule has 0 saturated heterocycles. The van der Waals surface area contributed by atoms with Gasteiger partial charge >= 0.3 is 12.1 Å². The van der Waals surface area contributed by atoms with Gasteiger partial charge in [-0.3, -0.25) is 9.20 Å². The first-order valence-corrected chi connectivity index (χ1v) is 12.1. The zero-order valence-electron chi connectivity index (χ0n) is 22.6. The Balaban J connectivity index is 1.97. The number of halogens is 3. The van der Waals surface area contributed by atoms with E-state index < -0.39 is 30.1 Å². The average Bonchev–Trinajstić information content (AvgIpc) is 3.34. The molecule has 0 aliphatic rings. The summed E-state index contributed by atoms with van der Waals surface area (Å²) in [5.41, 5.74) is 1.59. The monoisotopic (exact) mass is 561 g/mol. The third kappa shape index (κ3) is 6.71. The number of nitrogens with one attached hydrogen (secondary N) is 3. The molecule has 2 aromatic heterocycles. The molecule has 3 aromatic rings. The SMILES string of the molecule is CCOC(=O)C(C)(C)N/C=C(\C=N)c1ccn2c(-c3cc(OC)c(C(=O)NCC(F)(F)F)c(OC)c3)cnc2c1. The van der Waals surface area contributed by atoms with Crippen LogP contribution in [0.5, 0.6) is 11.5 Å². The Kier molecular flexibility index (Phi) is 9.07. The molecule has 2 heterocycles. The van der Waals surface area contributed by atoms with Crippen LogP contribution in [0.3, 0.4) is 0 Å². The van der Waals surface area contributed by atoms with E-state index in [1.165, 1.54) is 26.4 Å². The number of fused-ring (bicyclic) bond motifs is 1. The van der Waals surface area contributed by atoms with Crippen molar-refractivity contribution in [3.05, 3.63) is 54.0 Å². The predicted octanol–water partition coefficient (Wildman–Crippen LogP) is 4.23. The maximum atomic E-state index is 12.6. The van der Waals surface area contributed by atoms with Gasteiger partial charge in [0.1, 0.15) is 34.8 Å². The summed E-state index contributed by atoms with van der Waals surface area (Å²) in [6.45, 7) is 3.80. The highest BCUT2D eigenvalue weighted by Gasteiger charge is 2.30. The standard InChI is InChI=1S/C27H30F3N5O5/c1-6-40-25(37)26(2,3)34-13-18(12-31)16-7-8-35-19(14-32-22(35)11-16)17-9-20(38-4)23(21(10-17)39-5)24(36)33-15-27(28,29)30/h7-14,31,34H,6,15H2,1-5H3,(H,33,36)/b18-13+,31-12?. The van der Waals surface area contributed by atoms with Crippen LogP contribution in [0, 0.1) is 5.41 Å². The number of nitrogens with zero attached hydrogens (tertiary/aromatic N) is 2. The lowest BCUT2D eigenvalue weighted by Gasteiger charge is -2.23. The topological polar surface area (TPSA) is 127 Å². The summed E-state index contributed by atoms with van der Waals surface area (Å²) in [6, 6.07) is 6.51. The number of alkyl halides is 3. The predicted molar refractivity (Wildman–Crippen MR) is 143 cm³/mol. The Labute approximate surface area is 228 Å². The van der Waals surface area contributed by atoms with E-state index in [0.717, 1.165) is 6.21 Å². The summed E-state index contributed by atoms with van der Waals surface area (Å²) in [5, 5.41) is 12.7. The third-order valence-corrected chi connectivity index (χ3v) is 5.85. The number of rotatable bonds is 11. The van der Waals surface area contributed by atoms with Gasteiger partial charge in [-0.15, -0.1) is 0 Å². The number of aromatic nitrogens is 2. The lowest BCUT2D eigenvalue weighted by atomic mass is 10.0. The minimum atomic E-state index is -4.58. The van der Waals surface area contributed by atoms with E-state index in [9.17, 15) is 22.8 Å².